The van der Waals surface area contributed by atoms with Gasteiger partial charge in [-0.15, -0.1) is 0 Å². The van der Waals surface area contributed by atoms with Gasteiger partial charge in [0.1, 0.15) is 18.5 Å². The van der Waals surface area contributed by atoms with E-state index < -0.39 is 18.1 Å². The van der Waals surface area contributed by atoms with Crippen molar-refractivity contribution >= 4 is 22.5 Å². The first kappa shape index (κ1) is 23.3. The van der Waals surface area contributed by atoms with Crippen LogP contribution in [0.2, 0.25) is 0 Å². The van der Waals surface area contributed by atoms with Crippen LogP contribution in [0.4, 0.5) is 14.6 Å². The van der Waals surface area contributed by atoms with E-state index in [0.29, 0.717) is 31.7 Å². The Morgan fingerprint density at radius 1 is 1.15 bits per heavy atom. The Kier molecular flexibility index (Phi) is 6.79. The van der Waals surface area contributed by atoms with E-state index in [0.717, 1.165) is 5.82 Å². The highest BCUT2D eigenvalue weighted by molar-refractivity contribution is 5.84. The van der Waals surface area contributed by atoms with Crippen molar-refractivity contribution in [2.75, 3.05) is 44.3 Å². The number of fused-ring (bicyclic) bond motifs is 1. The number of nitriles is 1. The van der Waals surface area contributed by atoms with Crippen molar-refractivity contribution in [2.24, 2.45) is 0 Å². The second kappa shape index (κ2) is 9.93. The van der Waals surface area contributed by atoms with Crippen molar-refractivity contribution in [1.29, 1.82) is 5.26 Å². The molecule has 1 saturated heterocycles. The van der Waals surface area contributed by atoms with Crippen molar-refractivity contribution in [2.45, 2.75) is 12.3 Å². The smallest absolute Gasteiger partial charge is 0.296 e. The quantitative estimate of drug-likeness (QED) is 0.528. The molecule has 0 radical (unpaired) electrons. The third-order valence-corrected chi connectivity index (χ3v) is 5.68. The summed E-state index contributed by atoms with van der Waals surface area (Å²) in [4.78, 5) is 32.2. The van der Waals surface area contributed by atoms with Gasteiger partial charge in [0.2, 0.25) is 5.91 Å². The second-order valence-electron chi connectivity index (χ2n) is 7.86. The number of nitrogens with zero attached hydrogens (tertiary/aromatic N) is 5. The van der Waals surface area contributed by atoms with E-state index in [1.54, 1.807) is 17.0 Å². The number of H-pyrrole nitrogens is 1. The van der Waals surface area contributed by atoms with Gasteiger partial charge in [-0.1, -0.05) is 12.1 Å². The van der Waals surface area contributed by atoms with Crippen molar-refractivity contribution in [3.8, 4) is 6.07 Å². The van der Waals surface area contributed by atoms with Gasteiger partial charge in [0.25, 0.3) is 11.5 Å². The molecular weight excluding hydrogens is 446 g/mol. The first-order chi connectivity index (χ1) is 16.4. The molecule has 1 N–H and O–H groups in total. The summed E-state index contributed by atoms with van der Waals surface area (Å²) < 4.78 is 34.7. The van der Waals surface area contributed by atoms with Gasteiger partial charge in [0.05, 0.1) is 30.2 Å². The lowest BCUT2D eigenvalue weighted by Gasteiger charge is -2.35. The molecule has 0 saturated carbocycles. The SMILES string of the molecule is N#Cc1ccc(N2CCN(C(=O)CCOCC(F)(F)c3cccc4c(=O)[nH]ncc34)CC2)nc1. The Balaban J connectivity index is 1.26. The molecule has 3 heterocycles. The van der Waals surface area contributed by atoms with Crippen LogP contribution in [-0.2, 0) is 15.5 Å². The third-order valence-electron chi connectivity index (χ3n) is 5.68. The van der Waals surface area contributed by atoms with Crippen LogP contribution >= 0.6 is 0 Å². The zero-order valence-electron chi connectivity index (χ0n) is 18.2. The van der Waals surface area contributed by atoms with E-state index in [4.69, 9.17) is 10.00 Å². The molecule has 1 aliphatic heterocycles. The highest BCUT2D eigenvalue weighted by Crippen LogP contribution is 2.32. The van der Waals surface area contributed by atoms with E-state index >= 15 is 0 Å². The molecule has 4 rings (SSSR count). The molecule has 0 atom stereocenters. The molecule has 9 nitrogen and oxygen atoms in total. The topological polar surface area (TPSA) is 115 Å². The molecule has 1 aliphatic rings. The average Bonchev–Trinajstić information content (AvgIpc) is 2.86. The molecule has 0 bridgehead atoms. The fraction of sp³-hybridized carbons (Fsp3) is 0.348. The zero-order chi connectivity index (χ0) is 24.1. The number of halogens is 2. The number of carbonyl (C=O) groups is 1. The van der Waals surface area contributed by atoms with E-state index in [2.05, 4.69) is 15.2 Å². The number of amides is 1. The first-order valence-corrected chi connectivity index (χ1v) is 10.7. The molecule has 0 aliphatic carbocycles. The monoisotopic (exact) mass is 468 g/mol. The Morgan fingerprint density at radius 2 is 1.94 bits per heavy atom. The first-order valence-electron chi connectivity index (χ1n) is 10.7. The van der Waals surface area contributed by atoms with Crippen LogP contribution in [0.1, 0.15) is 17.5 Å². The van der Waals surface area contributed by atoms with Crippen molar-refractivity contribution in [3.05, 3.63) is 64.2 Å². The normalized spacial score (nSPS) is 14.3. The standard InChI is InChI=1S/C23H22F2N6O3/c24-23(25,19-3-1-2-17-18(19)14-28-29-22(17)33)15-34-11-6-21(32)31-9-7-30(8-10-31)20-5-4-16(12-26)13-27-20/h1-5,13-14H,6-11,15H2,(H,29,33). The van der Waals surface area contributed by atoms with E-state index in [1.807, 2.05) is 11.0 Å². The number of benzene rings is 1. The lowest BCUT2D eigenvalue weighted by atomic mass is 10.0. The maximum Gasteiger partial charge on any atom is 0.296 e. The van der Waals surface area contributed by atoms with Crippen molar-refractivity contribution < 1.29 is 18.3 Å². The Bertz CT molecular complexity index is 1260. The summed E-state index contributed by atoms with van der Waals surface area (Å²) in [5, 5.41) is 14.9. The maximum absolute atomic E-state index is 14.8. The van der Waals surface area contributed by atoms with Gasteiger partial charge in [0, 0.05) is 43.3 Å². The number of pyridine rings is 1. The number of aromatic nitrogens is 3. The second-order valence-corrected chi connectivity index (χ2v) is 7.86. The highest BCUT2D eigenvalue weighted by Gasteiger charge is 2.34. The fourth-order valence-corrected chi connectivity index (χ4v) is 3.86. The van der Waals surface area contributed by atoms with Crippen LogP contribution in [0.15, 0.2) is 47.5 Å². The average molecular weight is 468 g/mol. The minimum Gasteiger partial charge on any atom is -0.374 e. The molecule has 1 amide bonds. The summed E-state index contributed by atoms with van der Waals surface area (Å²) in [6, 6.07) is 9.56. The summed E-state index contributed by atoms with van der Waals surface area (Å²) in [5.41, 5.74) is -0.409. The number of hydrogen-bond donors (Lipinski definition) is 1. The van der Waals surface area contributed by atoms with Crippen LogP contribution in [0, 0.1) is 11.3 Å². The number of carbonyl (C=O) groups excluding carboxylic acids is 1. The van der Waals surface area contributed by atoms with Crippen LogP contribution in [-0.4, -0.2) is 65.4 Å². The largest absolute Gasteiger partial charge is 0.374 e. The Hall–Kier alpha value is -3.91. The number of nitrogens with one attached hydrogen (secondary N) is 1. The number of hydrogen-bond acceptors (Lipinski definition) is 7. The highest BCUT2D eigenvalue weighted by atomic mass is 19.3. The molecule has 1 aromatic carbocycles. The van der Waals surface area contributed by atoms with Crippen LogP contribution < -0.4 is 10.5 Å². The summed E-state index contributed by atoms with van der Waals surface area (Å²) in [7, 11) is 0. The predicted molar refractivity (Wildman–Crippen MR) is 119 cm³/mol. The number of piperazine rings is 1. The minimum atomic E-state index is -3.35. The van der Waals surface area contributed by atoms with Gasteiger partial charge in [-0.05, 0) is 18.2 Å². The molecule has 0 unspecified atom stereocenters. The molecule has 176 valence electrons. The number of anilines is 1. The molecule has 2 aromatic heterocycles. The zero-order valence-corrected chi connectivity index (χ0v) is 18.2. The number of aromatic amines is 1. The molecule has 1 fully saturated rings. The number of rotatable bonds is 7. The summed E-state index contributed by atoms with van der Waals surface area (Å²) in [5.74, 6) is -2.78. The lowest BCUT2D eigenvalue weighted by molar-refractivity contribution is -0.134. The minimum absolute atomic E-state index is 0.0119. The summed E-state index contributed by atoms with van der Waals surface area (Å²) in [6.45, 7) is 1.07. The van der Waals surface area contributed by atoms with Gasteiger partial charge in [-0.2, -0.15) is 19.1 Å². The molecule has 3 aromatic rings. The fourth-order valence-electron chi connectivity index (χ4n) is 3.86. The van der Waals surface area contributed by atoms with Gasteiger partial charge < -0.3 is 14.5 Å². The molecule has 34 heavy (non-hydrogen) atoms. The molecule has 0 spiro atoms. The lowest BCUT2D eigenvalue weighted by Crippen LogP contribution is -2.49. The number of ether oxygens (including phenoxy) is 1. The van der Waals surface area contributed by atoms with Gasteiger partial charge >= 0.3 is 0 Å². The van der Waals surface area contributed by atoms with Gasteiger partial charge in [-0.25, -0.2) is 10.1 Å². The molecule has 11 heteroatoms. The van der Waals surface area contributed by atoms with Crippen LogP contribution in [0.3, 0.4) is 0 Å². The summed E-state index contributed by atoms with van der Waals surface area (Å²) >= 11 is 0. The van der Waals surface area contributed by atoms with Crippen molar-refractivity contribution in [1.82, 2.24) is 20.1 Å². The van der Waals surface area contributed by atoms with Gasteiger partial charge in [0.15, 0.2) is 0 Å². The van der Waals surface area contributed by atoms with E-state index in [1.165, 1.54) is 30.6 Å². The van der Waals surface area contributed by atoms with Crippen LogP contribution in [0.5, 0.6) is 0 Å². The summed E-state index contributed by atoms with van der Waals surface area (Å²) in [6.07, 6.45) is 2.69. The van der Waals surface area contributed by atoms with Crippen LogP contribution in [0.25, 0.3) is 10.8 Å². The third kappa shape index (κ3) is 5.02. The molecular formula is C23H22F2N6O3. The maximum atomic E-state index is 14.8. The number of alkyl halides is 2. The van der Waals surface area contributed by atoms with Crippen molar-refractivity contribution in [3.63, 3.8) is 0 Å². The Labute approximate surface area is 193 Å². The Morgan fingerprint density at radius 3 is 2.65 bits per heavy atom. The van der Waals surface area contributed by atoms with E-state index in [9.17, 15) is 18.4 Å². The van der Waals surface area contributed by atoms with Gasteiger partial charge in [-0.3, -0.25) is 9.59 Å². The van der Waals surface area contributed by atoms with E-state index in [-0.39, 0.29) is 35.3 Å². The predicted octanol–water partition coefficient (Wildman–Crippen LogP) is 2.04.